The Labute approximate surface area is 129 Å². The molecular formula is C17H30N2O2. The molecule has 0 atom stereocenters. The van der Waals surface area contributed by atoms with Crippen molar-refractivity contribution in [2.45, 2.75) is 33.0 Å². The molecule has 0 aliphatic heterocycles. The molecule has 21 heavy (non-hydrogen) atoms. The normalized spacial score (nSPS) is 11.0. The molecule has 0 saturated carbocycles. The largest absolute Gasteiger partial charge is 0.375 e. The number of benzene rings is 1. The van der Waals surface area contributed by atoms with E-state index in [9.17, 15) is 0 Å². The molecule has 0 aromatic heterocycles. The van der Waals surface area contributed by atoms with Crippen LogP contribution in [-0.4, -0.2) is 46.2 Å². The van der Waals surface area contributed by atoms with Gasteiger partial charge in [-0.25, -0.2) is 0 Å². The van der Waals surface area contributed by atoms with Crippen LogP contribution < -0.4 is 10.2 Å². The summed E-state index contributed by atoms with van der Waals surface area (Å²) in [5.41, 5.74) is 1.27. The topological polar surface area (TPSA) is 33.7 Å². The molecule has 0 amide bonds. The van der Waals surface area contributed by atoms with E-state index in [4.69, 9.17) is 9.47 Å². The van der Waals surface area contributed by atoms with Crippen molar-refractivity contribution < 1.29 is 9.47 Å². The standard InChI is InChI=1S/C17H30N2O2/c1-4-20-17(21-5-2)12-14-18-13-9-15-19(3)16-10-7-6-8-11-16/h6-8,10-11,17-18H,4-5,9,12-15H2,1-3H3. The number of ether oxygens (including phenoxy) is 2. The highest BCUT2D eigenvalue weighted by molar-refractivity contribution is 5.44. The summed E-state index contributed by atoms with van der Waals surface area (Å²) in [6.45, 7) is 8.40. The minimum Gasteiger partial charge on any atom is -0.375 e. The zero-order valence-electron chi connectivity index (χ0n) is 13.7. The van der Waals surface area contributed by atoms with Crippen LogP contribution in [0.25, 0.3) is 0 Å². The van der Waals surface area contributed by atoms with Crippen LogP contribution in [0.2, 0.25) is 0 Å². The average Bonchev–Trinajstić information content (AvgIpc) is 2.51. The molecule has 0 saturated heterocycles. The Morgan fingerprint density at radius 3 is 2.33 bits per heavy atom. The fourth-order valence-corrected chi connectivity index (χ4v) is 2.18. The number of hydrogen-bond acceptors (Lipinski definition) is 4. The van der Waals surface area contributed by atoms with Crippen LogP contribution in [0.15, 0.2) is 30.3 Å². The summed E-state index contributed by atoms with van der Waals surface area (Å²) in [5.74, 6) is 0. The minimum absolute atomic E-state index is 0.0699. The summed E-state index contributed by atoms with van der Waals surface area (Å²) in [6.07, 6.45) is 1.95. The number of para-hydroxylation sites is 1. The van der Waals surface area contributed by atoms with Crippen LogP contribution >= 0.6 is 0 Å². The van der Waals surface area contributed by atoms with Crippen LogP contribution in [0.4, 0.5) is 5.69 Å². The van der Waals surface area contributed by atoms with Crippen molar-refractivity contribution >= 4 is 5.69 Å². The summed E-state index contributed by atoms with van der Waals surface area (Å²) in [7, 11) is 2.13. The molecule has 0 aliphatic carbocycles. The lowest BCUT2D eigenvalue weighted by atomic mass is 10.3. The van der Waals surface area contributed by atoms with E-state index < -0.39 is 0 Å². The first-order valence-corrected chi connectivity index (χ1v) is 7.98. The summed E-state index contributed by atoms with van der Waals surface area (Å²) in [5, 5.41) is 3.45. The smallest absolute Gasteiger partial charge is 0.158 e. The second-order valence-electron chi connectivity index (χ2n) is 4.99. The fraction of sp³-hybridized carbons (Fsp3) is 0.647. The molecular weight excluding hydrogens is 264 g/mol. The monoisotopic (exact) mass is 294 g/mol. The van der Waals surface area contributed by atoms with Gasteiger partial charge < -0.3 is 19.7 Å². The van der Waals surface area contributed by atoms with E-state index in [1.54, 1.807) is 0 Å². The van der Waals surface area contributed by atoms with Gasteiger partial charge in [0.05, 0.1) is 0 Å². The molecule has 0 aliphatic rings. The maximum atomic E-state index is 5.51. The van der Waals surface area contributed by atoms with Crippen molar-refractivity contribution in [2.75, 3.05) is 44.8 Å². The lowest BCUT2D eigenvalue weighted by Gasteiger charge is -2.20. The Morgan fingerprint density at radius 2 is 1.71 bits per heavy atom. The van der Waals surface area contributed by atoms with E-state index in [1.165, 1.54) is 5.69 Å². The molecule has 4 nitrogen and oxygen atoms in total. The lowest BCUT2D eigenvalue weighted by Crippen LogP contribution is -2.27. The van der Waals surface area contributed by atoms with Crippen molar-refractivity contribution in [1.29, 1.82) is 0 Å². The van der Waals surface area contributed by atoms with E-state index in [0.717, 1.165) is 32.5 Å². The van der Waals surface area contributed by atoms with E-state index in [0.29, 0.717) is 13.2 Å². The maximum absolute atomic E-state index is 5.51. The SMILES string of the molecule is CCOC(CCNCCCN(C)c1ccccc1)OCC. The second-order valence-corrected chi connectivity index (χ2v) is 4.99. The highest BCUT2D eigenvalue weighted by Gasteiger charge is 2.06. The van der Waals surface area contributed by atoms with Gasteiger partial charge in [-0.2, -0.15) is 0 Å². The van der Waals surface area contributed by atoms with Crippen molar-refractivity contribution in [3.05, 3.63) is 30.3 Å². The molecule has 0 unspecified atom stereocenters. The van der Waals surface area contributed by atoms with Gasteiger partial charge in [0.2, 0.25) is 0 Å². The second kappa shape index (κ2) is 11.5. The lowest BCUT2D eigenvalue weighted by molar-refractivity contribution is -0.138. The molecule has 0 fully saturated rings. The predicted octanol–water partition coefficient (Wildman–Crippen LogP) is 2.89. The maximum Gasteiger partial charge on any atom is 0.158 e. The minimum atomic E-state index is -0.0699. The molecule has 1 aromatic carbocycles. The summed E-state index contributed by atoms with van der Waals surface area (Å²) in [6, 6.07) is 10.5. The molecule has 120 valence electrons. The van der Waals surface area contributed by atoms with Crippen molar-refractivity contribution in [3.8, 4) is 0 Å². The molecule has 0 spiro atoms. The molecule has 4 heteroatoms. The Kier molecular flexibility index (Phi) is 9.87. The van der Waals surface area contributed by atoms with Crippen LogP contribution in [0.1, 0.15) is 26.7 Å². The first-order valence-electron chi connectivity index (χ1n) is 7.98. The third-order valence-electron chi connectivity index (χ3n) is 3.31. The highest BCUT2D eigenvalue weighted by atomic mass is 16.7. The third kappa shape index (κ3) is 8.05. The Bertz CT molecular complexity index is 340. The van der Waals surface area contributed by atoms with Crippen LogP contribution in [0.3, 0.4) is 0 Å². The molecule has 0 radical (unpaired) electrons. The summed E-state index contributed by atoms with van der Waals surface area (Å²) in [4.78, 5) is 2.28. The number of anilines is 1. The van der Waals surface area contributed by atoms with Crippen molar-refractivity contribution in [2.24, 2.45) is 0 Å². The van der Waals surface area contributed by atoms with Crippen molar-refractivity contribution in [1.82, 2.24) is 5.32 Å². The van der Waals surface area contributed by atoms with Gasteiger partial charge in [0.1, 0.15) is 0 Å². The zero-order valence-corrected chi connectivity index (χ0v) is 13.7. The van der Waals surface area contributed by atoms with Gasteiger partial charge in [-0.3, -0.25) is 0 Å². The average molecular weight is 294 g/mol. The fourth-order valence-electron chi connectivity index (χ4n) is 2.18. The summed E-state index contributed by atoms with van der Waals surface area (Å²) < 4.78 is 11.0. The summed E-state index contributed by atoms with van der Waals surface area (Å²) >= 11 is 0. The van der Waals surface area contributed by atoms with E-state index >= 15 is 0 Å². The van der Waals surface area contributed by atoms with E-state index in [1.807, 2.05) is 19.9 Å². The molecule has 1 rings (SSSR count). The van der Waals surface area contributed by atoms with Crippen molar-refractivity contribution in [3.63, 3.8) is 0 Å². The number of rotatable bonds is 12. The van der Waals surface area contributed by atoms with Gasteiger partial charge >= 0.3 is 0 Å². The molecule has 1 aromatic rings. The first kappa shape index (κ1) is 18.0. The van der Waals surface area contributed by atoms with Crippen LogP contribution in [-0.2, 0) is 9.47 Å². The van der Waals surface area contributed by atoms with Gasteiger partial charge in [-0.15, -0.1) is 0 Å². The van der Waals surface area contributed by atoms with Crippen LogP contribution in [0.5, 0.6) is 0 Å². The zero-order chi connectivity index (χ0) is 15.3. The Hall–Kier alpha value is -1.10. The van der Waals surface area contributed by atoms with Gasteiger partial charge in [-0.05, 0) is 45.5 Å². The molecule has 0 heterocycles. The van der Waals surface area contributed by atoms with Gasteiger partial charge in [-0.1, -0.05) is 18.2 Å². The third-order valence-corrected chi connectivity index (χ3v) is 3.31. The quantitative estimate of drug-likeness (QED) is 0.475. The number of nitrogens with one attached hydrogen (secondary N) is 1. The van der Waals surface area contributed by atoms with E-state index in [2.05, 4.69) is 41.5 Å². The number of nitrogens with zero attached hydrogens (tertiary/aromatic N) is 1. The first-order chi connectivity index (χ1) is 10.3. The Balaban J connectivity index is 2.06. The van der Waals surface area contributed by atoms with Crippen LogP contribution in [0, 0.1) is 0 Å². The number of hydrogen-bond donors (Lipinski definition) is 1. The predicted molar refractivity (Wildman–Crippen MR) is 88.9 cm³/mol. The van der Waals surface area contributed by atoms with E-state index in [-0.39, 0.29) is 6.29 Å². The molecule has 0 bridgehead atoms. The molecule has 1 N–H and O–H groups in total. The highest BCUT2D eigenvalue weighted by Crippen LogP contribution is 2.10. The van der Waals surface area contributed by atoms with Gasteiger partial charge in [0.15, 0.2) is 6.29 Å². The van der Waals surface area contributed by atoms with Gasteiger partial charge in [0, 0.05) is 38.9 Å². The Morgan fingerprint density at radius 1 is 1.05 bits per heavy atom. The van der Waals surface area contributed by atoms with Gasteiger partial charge in [0.25, 0.3) is 0 Å².